The van der Waals surface area contributed by atoms with Crippen LogP contribution in [0.25, 0.3) is 11.3 Å². The molecule has 0 bridgehead atoms. The van der Waals surface area contributed by atoms with Crippen LogP contribution >= 0.6 is 0 Å². The van der Waals surface area contributed by atoms with Gasteiger partial charge in [-0.15, -0.1) is 14.8 Å². The number of aromatic nitrogens is 2. The van der Waals surface area contributed by atoms with Gasteiger partial charge in [0.25, 0.3) is 5.88 Å². The van der Waals surface area contributed by atoms with Crippen LogP contribution in [0, 0.1) is 0 Å². The van der Waals surface area contributed by atoms with E-state index in [9.17, 15) is 0 Å². The van der Waals surface area contributed by atoms with E-state index in [0.717, 1.165) is 94.8 Å². The summed E-state index contributed by atoms with van der Waals surface area (Å²) in [6, 6.07) is 10.5. The van der Waals surface area contributed by atoms with E-state index in [1.165, 1.54) is 31.2 Å². The molecular weight excluding hydrogens is 478 g/mol. The van der Waals surface area contributed by atoms with Crippen molar-refractivity contribution in [3.63, 3.8) is 0 Å². The molecule has 1 aromatic carbocycles. The summed E-state index contributed by atoms with van der Waals surface area (Å²) in [7, 11) is 0. The van der Waals surface area contributed by atoms with Crippen molar-refractivity contribution in [2.24, 2.45) is 0 Å². The molecule has 1 aromatic heterocycles. The van der Waals surface area contributed by atoms with E-state index >= 15 is 0 Å². The third-order valence-corrected chi connectivity index (χ3v) is 8.51. The Morgan fingerprint density at radius 1 is 0.921 bits per heavy atom. The van der Waals surface area contributed by atoms with Gasteiger partial charge < -0.3 is 14.2 Å². The highest BCUT2D eigenvalue weighted by Crippen LogP contribution is 2.34. The first-order chi connectivity index (χ1) is 18.6. The van der Waals surface area contributed by atoms with Crippen LogP contribution in [0.2, 0.25) is 0 Å². The number of nitrogens with zero attached hydrogens (tertiary/aromatic N) is 3. The highest BCUT2D eigenvalue weighted by molar-refractivity contribution is 5.64. The summed E-state index contributed by atoms with van der Waals surface area (Å²) in [5.74, 6) is 1.91. The molecule has 7 nitrogen and oxygen atoms in total. The Balaban J connectivity index is 1.32. The number of rotatable bonds is 10. The second-order valence-corrected chi connectivity index (χ2v) is 11.4. The summed E-state index contributed by atoms with van der Waals surface area (Å²) < 4.78 is 18.5. The van der Waals surface area contributed by atoms with Crippen LogP contribution in [0.5, 0.6) is 11.6 Å². The van der Waals surface area contributed by atoms with Crippen LogP contribution in [0.4, 0.5) is 0 Å². The molecule has 0 spiro atoms. The van der Waals surface area contributed by atoms with E-state index in [2.05, 4.69) is 49.3 Å². The van der Waals surface area contributed by atoms with E-state index in [1.807, 2.05) is 0 Å². The number of likely N-dealkylation sites (tertiary alicyclic amines) is 1. The first-order valence-corrected chi connectivity index (χ1v) is 15.1. The molecule has 1 unspecified atom stereocenters. The molecule has 0 N–H and O–H groups in total. The van der Waals surface area contributed by atoms with Gasteiger partial charge in [0, 0.05) is 24.5 Å². The molecule has 208 valence electrons. The second-order valence-electron chi connectivity index (χ2n) is 11.4. The van der Waals surface area contributed by atoms with Crippen LogP contribution in [-0.4, -0.2) is 60.1 Å². The highest BCUT2D eigenvalue weighted by atomic mass is 16.7. The summed E-state index contributed by atoms with van der Waals surface area (Å²) in [4.78, 5) is 6.70. The maximum atomic E-state index is 6.70. The first kappa shape index (κ1) is 27.4. The van der Waals surface area contributed by atoms with E-state index < -0.39 is 0 Å². The predicted molar refractivity (Wildman–Crippen MR) is 148 cm³/mol. The summed E-state index contributed by atoms with van der Waals surface area (Å²) in [5, 5.41) is 9.34. The molecule has 0 amide bonds. The molecule has 2 aliphatic heterocycles. The summed E-state index contributed by atoms with van der Waals surface area (Å²) >= 11 is 0. The molecule has 2 aromatic rings. The largest absolute Gasteiger partial charge is 0.490 e. The highest BCUT2D eigenvalue weighted by Gasteiger charge is 2.36. The van der Waals surface area contributed by atoms with Gasteiger partial charge in [0.1, 0.15) is 25.4 Å². The lowest BCUT2D eigenvalue weighted by molar-refractivity contribution is -1.08. The molecule has 3 aliphatic rings. The zero-order valence-corrected chi connectivity index (χ0v) is 23.4. The van der Waals surface area contributed by atoms with Crippen LogP contribution in [0.1, 0.15) is 96.0 Å². The average molecular weight is 525 g/mol. The molecule has 1 atom stereocenters. The van der Waals surface area contributed by atoms with Gasteiger partial charge >= 0.3 is 0 Å². The molecule has 38 heavy (non-hydrogen) atoms. The van der Waals surface area contributed by atoms with Gasteiger partial charge in [0.2, 0.25) is 0 Å². The van der Waals surface area contributed by atoms with Gasteiger partial charge in [0.05, 0.1) is 31.4 Å². The molecule has 7 heteroatoms. The number of quaternary nitrogens is 1. The Kier molecular flexibility index (Phi) is 9.52. The SMILES string of the molecule is CCC(C)c1cc(O[N+]2(CCC3OCCCO3)CCCCC2)nnc1-c1ccc(OC2CCCCC2)cc1. The summed E-state index contributed by atoms with van der Waals surface area (Å²) in [6.07, 6.45) is 12.8. The predicted octanol–water partition coefficient (Wildman–Crippen LogP) is 6.82. The fourth-order valence-corrected chi connectivity index (χ4v) is 6.01. The summed E-state index contributed by atoms with van der Waals surface area (Å²) in [5.41, 5.74) is 3.20. The van der Waals surface area contributed by atoms with Crippen LogP contribution in [0.3, 0.4) is 0 Å². The lowest BCUT2D eigenvalue weighted by Crippen LogP contribution is -2.55. The Hall–Kier alpha value is -2.22. The quantitative estimate of drug-likeness (QED) is 0.318. The number of hydrogen-bond acceptors (Lipinski definition) is 6. The Morgan fingerprint density at radius 3 is 2.34 bits per heavy atom. The van der Waals surface area contributed by atoms with Crippen molar-refractivity contribution in [2.75, 3.05) is 32.8 Å². The van der Waals surface area contributed by atoms with Gasteiger partial charge in [-0.25, -0.2) is 0 Å². The van der Waals surface area contributed by atoms with E-state index in [0.29, 0.717) is 22.5 Å². The molecular formula is C31H46N3O4+. The number of hydrogen-bond donors (Lipinski definition) is 0. The van der Waals surface area contributed by atoms with Crippen LogP contribution in [-0.2, 0) is 9.47 Å². The minimum absolute atomic E-state index is 0.126. The van der Waals surface area contributed by atoms with Crippen molar-refractivity contribution in [3.8, 4) is 22.9 Å². The third-order valence-electron chi connectivity index (χ3n) is 8.51. The zero-order chi connectivity index (χ0) is 26.2. The van der Waals surface area contributed by atoms with Gasteiger partial charge in [-0.3, -0.25) is 4.84 Å². The Labute approximate surface area is 228 Å². The Morgan fingerprint density at radius 2 is 1.63 bits per heavy atom. The Bertz CT molecular complexity index is 997. The van der Waals surface area contributed by atoms with E-state index in [1.54, 1.807) is 0 Å². The van der Waals surface area contributed by atoms with Gasteiger partial charge in [-0.2, -0.15) is 0 Å². The third kappa shape index (κ3) is 7.04. The smallest absolute Gasteiger partial charge is 0.300 e. The number of ether oxygens (including phenoxy) is 3. The fourth-order valence-electron chi connectivity index (χ4n) is 6.01. The molecule has 1 aliphatic carbocycles. The number of benzene rings is 1. The molecule has 2 saturated heterocycles. The van der Waals surface area contributed by atoms with E-state index in [-0.39, 0.29) is 6.29 Å². The van der Waals surface area contributed by atoms with Gasteiger partial charge in [-0.1, -0.05) is 20.3 Å². The van der Waals surface area contributed by atoms with Crippen molar-refractivity contribution in [1.29, 1.82) is 0 Å². The number of piperidine rings is 1. The maximum absolute atomic E-state index is 6.70. The lowest BCUT2D eigenvalue weighted by atomic mass is 9.94. The normalized spacial score (nSPS) is 21.6. The van der Waals surface area contributed by atoms with Crippen molar-refractivity contribution in [1.82, 2.24) is 10.2 Å². The molecule has 0 radical (unpaired) electrons. The summed E-state index contributed by atoms with van der Waals surface area (Å²) in [6.45, 7) is 8.87. The standard InChI is InChI=1S/C31H46N3O4/c1-3-24(2)28-23-29(38-34(18-8-5-9-19-34)20-17-30-35-21-10-22-36-30)32-33-31(28)25-13-15-27(16-14-25)37-26-11-6-4-7-12-26/h13-16,23-24,26,30H,3-12,17-22H2,1-2H3/q+1. The zero-order valence-electron chi connectivity index (χ0n) is 23.4. The fraction of sp³-hybridized carbons (Fsp3) is 0.677. The first-order valence-electron chi connectivity index (χ1n) is 15.1. The van der Waals surface area contributed by atoms with Crippen LogP contribution in [0.15, 0.2) is 30.3 Å². The molecule has 3 heterocycles. The van der Waals surface area contributed by atoms with E-state index in [4.69, 9.17) is 24.1 Å². The van der Waals surface area contributed by atoms with Crippen LogP contribution < -0.4 is 9.57 Å². The minimum Gasteiger partial charge on any atom is -0.490 e. The molecule has 3 fully saturated rings. The molecule has 1 saturated carbocycles. The lowest BCUT2D eigenvalue weighted by Gasteiger charge is -2.38. The monoisotopic (exact) mass is 524 g/mol. The average Bonchev–Trinajstić information content (AvgIpc) is 2.98. The maximum Gasteiger partial charge on any atom is 0.300 e. The van der Waals surface area contributed by atoms with Crippen molar-refractivity contribution < 1.29 is 23.7 Å². The molecule has 5 rings (SSSR count). The van der Waals surface area contributed by atoms with Crippen molar-refractivity contribution in [3.05, 3.63) is 35.9 Å². The van der Waals surface area contributed by atoms with Gasteiger partial charge in [0.15, 0.2) is 6.29 Å². The van der Waals surface area contributed by atoms with Gasteiger partial charge in [-0.05, 0) is 80.7 Å². The minimum atomic E-state index is -0.126. The van der Waals surface area contributed by atoms with Crippen molar-refractivity contribution >= 4 is 0 Å². The number of hydroxylamine groups is 3. The van der Waals surface area contributed by atoms with Crippen molar-refractivity contribution in [2.45, 2.75) is 103 Å². The topological polar surface area (TPSA) is 62.7 Å². The second kappa shape index (κ2) is 13.2.